The first-order valence-corrected chi connectivity index (χ1v) is 6.70. The van der Waals surface area contributed by atoms with Crippen LogP contribution in [0.5, 0.6) is 0 Å². The lowest BCUT2D eigenvalue weighted by Crippen LogP contribution is -2.22. The van der Waals surface area contributed by atoms with Gasteiger partial charge in [0, 0.05) is 12.0 Å². The van der Waals surface area contributed by atoms with E-state index in [0.29, 0.717) is 12.0 Å². The van der Waals surface area contributed by atoms with Crippen LogP contribution in [0.3, 0.4) is 0 Å². The molecular weight excluding hydrogens is 218 g/mol. The Morgan fingerprint density at radius 1 is 1.00 bits per heavy atom. The molecule has 2 unspecified atom stereocenters. The van der Waals surface area contributed by atoms with Crippen molar-refractivity contribution in [2.75, 3.05) is 7.05 Å². The SMILES string of the molecule is CNC(c1ccccc1)C1CCc2ccccc21. The molecule has 1 heteroatoms. The van der Waals surface area contributed by atoms with Crippen molar-refractivity contribution in [2.45, 2.75) is 24.8 Å². The number of hydrogen-bond acceptors (Lipinski definition) is 1. The molecule has 0 radical (unpaired) electrons. The van der Waals surface area contributed by atoms with Crippen molar-refractivity contribution in [1.82, 2.24) is 5.32 Å². The highest BCUT2D eigenvalue weighted by molar-refractivity contribution is 5.38. The molecule has 3 rings (SSSR count). The first-order valence-electron chi connectivity index (χ1n) is 6.70. The van der Waals surface area contributed by atoms with Gasteiger partial charge in [0.25, 0.3) is 0 Å². The molecule has 2 aromatic rings. The summed E-state index contributed by atoms with van der Waals surface area (Å²) in [4.78, 5) is 0. The van der Waals surface area contributed by atoms with Crippen molar-refractivity contribution in [3.63, 3.8) is 0 Å². The summed E-state index contributed by atoms with van der Waals surface area (Å²) in [6.07, 6.45) is 2.46. The third-order valence-electron chi connectivity index (χ3n) is 4.05. The highest BCUT2D eigenvalue weighted by atomic mass is 14.9. The van der Waals surface area contributed by atoms with Crippen LogP contribution in [-0.4, -0.2) is 7.05 Å². The molecule has 2 atom stereocenters. The Balaban J connectivity index is 1.95. The first kappa shape index (κ1) is 11.5. The third-order valence-corrected chi connectivity index (χ3v) is 4.05. The zero-order chi connectivity index (χ0) is 12.4. The highest BCUT2D eigenvalue weighted by Gasteiger charge is 2.29. The quantitative estimate of drug-likeness (QED) is 0.858. The molecule has 0 saturated carbocycles. The predicted molar refractivity (Wildman–Crippen MR) is 75.7 cm³/mol. The molecule has 0 aliphatic heterocycles. The summed E-state index contributed by atoms with van der Waals surface area (Å²) in [6.45, 7) is 0. The van der Waals surface area contributed by atoms with Gasteiger partial charge in [-0.15, -0.1) is 0 Å². The fraction of sp³-hybridized carbons (Fsp3) is 0.294. The van der Waals surface area contributed by atoms with Crippen LogP contribution >= 0.6 is 0 Å². The van der Waals surface area contributed by atoms with Gasteiger partial charge >= 0.3 is 0 Å². The molecule has 0 spiro atoms. The lowest BCUT2D eigenvalue weighted by Gasteiger charge is -2.24. The largest absolute Gasteiger partial charge is 0.312 e. The van der Waals surface area contributed by atoms with E-state index in [9.17, 15) is 0 Å². The van der Waals surface area contributed by atoms with Gasteiger partial charge in [0.05, 0.1) is 0 Å². The van der Waals surface area contributed by atoms with E-state index in [1.54, 1.807) is 0 Å². The molecule has 2 aromatic carbocycles. The monoisotopic (exact) mass is 237 g/mol. The van der Waals surface area contributed by atoms with E-state index in [4.69, 9.17) is 0 Å². The molecule has 1 nitrogen and oxygen atoms in total. The van der Waals surface area contributed by atoms with Crippen LogP contribution < -0.4 is 5.32 Å². The lowest BCUT2D eigenvalue weighted by molar-refractivity contribution is 0.477. The Morgan fingerprint density at radius 3 is 2.50 bits per heavy atom. The zero-order valence-electron chi connectivity index (χ0n) is 10.8. The number of likely N-dealkylation sites (N-methyl/N-ethyl adjacent to an activating group) is 1. The Morgan fingerprint density at radius 2 is 1.72 bits per heavy atom. The van der Waals surface area contributed by atoms with Gasteiger partial charge in [-0.25, -0.2) is 0 Å². The number of fused-ring (bicyclic) bond motifs is 1. The highest BCUT2D eigenvalue weighted by Crippen LogP contribution is 2.41. The second kappa shape index (κ2) is 4.95. The maximum Gasteiger partial charge on any atom is 0.0387 e. The fourth-order valence-electron chi connectivity index (χ4n) is 3.20. The first-order chi connectivity index (χ1) is 8.90. The maximum absolute atomic E-state index is 3.50. The summed E-state index contributed by atoms with van der Waals surface area (Å²) in [7, 11) is 2.07. The molecule has 0 aromatic heterocycles. The van der Waals surface area contributed by atoms with Crippen molar-refractivity contribution >= 4 is 0 Å². The van der Waals surface area contributed by atoms with Crippen molar-refractivity contribution in [1.29, 1.82) is 0 Å². The topological polar surface area (TPSA) is 12.0 Å². The average molecular weight is 237 g/mol. The van der Waals surface area contributed by atoms with Gasteiger partial charge in [-0.05, 0) is 36.6 Å². The summed E-state index contributed by atoms with van der Waals surface area (Å²) in [5, 5.41) is 3.50. The van der Waals surface area contributed by atoms with Crippen molar-refractivity contribution in [2.24, 2.45) is 0 Å². The molecule has 1 aliphatic carbocycles. The van der Waals surface area contributed by atoms with E-state index in [2.05, 4.69) is 67.0 Å². The molecular formula is C17H19N. The van der Waals surface area contributed by atoms with Gasteiger partial charge in [0.1, 0.15) is 0 Å². The molecule has 0 amide bonds. The van der Waals surface area contributed by atoms with Crippen molar-refractivity contribution < 1.29 is 0 Å². The summed E-state index contributed by atoms with van der Waals surface area (Å²) in [5.41, 5.74) is 4.45. The molecule has 1 aliphatic rings. The summed E-state index contributed by atoms with van der Waals surface area (Å²) in [5.74, 6) is 0.605. The lowest BCUT2D eigenvalue weighted by atomic mass is 9.88. The van der Waals surface area contributed by atoms with Crippen LogP contribution in [0.15, 0.2) is 54.6 Å². The third kappa shape index (κ3) is 1.95. The molecule has 92 valence electrons. The van der Waals surface area contributed by atoms with Crippen LogP contribution in [0.25, 0.3) is 0 Å². The van der Waals surface area contributed by atoms with E-state index in [0.717, 1.165) is 0 Å². The van der Waals surface area contributed by atoms with E-state index in [1.807, 2.05) is 0 Å². The number of aryl methyl sites for hydroxylation is 1. The normalized spacial score (nSPS) is 19.5. The van der Waals surface area contributed by atoms with E-state index >= 15 is 0 Å². The number of nitrogens with one attached hydrogen (secondary N) is 1. The van der Waals surface area contributed by atoms with Crippen LogP contribution in [-0.2, 0) is 6.42 Å². The van der Waals surface area contributed by atoms with Gasteiger partial charge in [-0.2, -0.15) is 0 Å². The molecule has 0 bridgehead atoms. The predicted octanol–water partition coefficient (Wildman–Crippen LogP) is 3.68. The Bertz CT molecular complexity index is 518. The average Bonchev–Trinajstić information content (AvgIpc) is 2.85. The van der Waals surface area contributed by atoms with Gasteiger partial charge < -0.3 is 5.32 Å². The molecule has 0 saturated heterocycles. The van der Waals surface area contributed by atoms with E-state index in [-0.39, 0.29) is 0 Å². The minimum atomic E-state index is 0.426. The van der Waals surface area contributed by atoms with Crippen LogP contribution in [0.4, 0.5) is 0 Å². The van der Waals surface area contributed by atoms with E-state index in [1.165, 1.54) is 29.5 Å². The molecule has 0 heterocycles. The van der Waals surface area contributed by atoms with Crippen LogP contribution in [0.2, 0.25) is 0 Å². The van der Waals surface area contributed by atoms with Gasteiger partial charge in [0.2, 0.25) is 0 Å². The van der Waals surface area contributed by atoms with E-state index < -0.39 is 0 Å². The Kier molecular flexibility index (Phi) is 3.16. The van der Waals surface area contributed by atoms with Crippen LogP contribution in [0.1, 0.15) is 35.1 Å². The van der Waals surface area contributed by atoms with Crippen molar-refractivity contribution in [3.8, 4) is 0 Å². The Hall–Kier alpha value is -1.60. The van der Waals surface area contributed by atoms with Gasteiger partial charge in [-0.3, -0.25) is 0 Å². The molecule has 1 N–H and O–H groups in total. The molecule has 18 heavy (non-hydrogen) atoms. The number of hydrogen-bond donors (Lipinski definition) is 1. The second-order valence-corrected chi connectivity index (χ2v) is 5.02. The number of rotatable bonds is 3. The summed E-state index contributed by atoms with van der Waals surface area (Å²) >= 11 is 0. The minimum Gasteiger partial charge on any atom is -0.312 e. The number of benzene rings is 2. The smallest absolute Gasteiger partial charge is 0.0387 e. The molecule has 0 fully saturated rings. The Labute approximate surface area is 109 Å². The minimum absolute atomic E-state index is 0.426. The second-order valence-electron chi connectivity index (χ2n) is 5.02. The summed E-state index contributed by atoms with van der Waals surface area (Å²) < 4.78 is 0. The maximum atomic E-state index is 3.50. The standard InChI is InChI=1S/C17H19N/c1-18-17(14-8-3-2-4-9-14)16-12-11-13-7-5-6-10-15(13)16/h2-10,16-18H,11-12H2,1H3. The zero-order valence-corrected chi connectivity index (χ0v) is 10.8. The van der Waals surface area contributed by atoms with Crippen LogP contribution in [0, 0.1) is 0 Å². The van der Waals surface area contributed by atoms with Crippen molar-refractivity contribution in [3.05, 3.63) is 71.3 Å². The fourth-order valence-corrected chi connectivity index (χ4v) is 3.20. The van der Waals surface area contributed by atoms with Gasteiger partial charge in [-0.1, -0.05) is 54.6 Å². The van der Waals surface area contributed by atoms with Gasteiger partial charge in [0.15, 0.2) is 0 Å². The summed E-state index contributed by atoms with van der Waals surface area (Å²) in [6, 6.07) is 20.1.